The van der Waals surface area contributed by atoms with Crippen molar-refractivity contribution in [3.05, 3.63) is 146 Å². The third-order valence-electron chi connectivity index (χ3n) is 12.3. The van der Waals surface area contributed by atoms with Gasteiger partial charge >= 0.3 is 17.9 Å². The fourth-order valence-corrected chi connectivity index (χ4v) is 7.81. The Morgan fingerprint density at radius 2 is 0.520 bits per heavy atom. The molecule has 0 spiro atoms. The lowest BCUT2D eigenvalue weighted by Gasteiger charge is -2.18. The molecule has 0 fully saturated rings. The van der Waals surface area contributed by atoms with E-state index >= 15 is 0 Å². The summed E-state index contributed by atoms with van der Waals surface area (Å²) in [6.07, 6.45) is 88.4. The van der Waals surface area contributed by atoms with E-state index in [2.05, 4.69) is 167 Å². The molecule has 0 rings (SSSR count). The second-order valence-electron chi connectivity index (χ2n) is 19.5. The quantitative estimate of drug-likeness (QED) is 0.0261. The van der Waals surface area contributed by atoms with E-state index in [4.69, 9.17) is 14.2 Å². The average Bonchev–Trinajstić information content (AvgIpc) is 3.41. The Morgan fingerprint density at radius 3 is 0.827 bits per heavy atom. The molecule has 0 aliphatic heterocycles. The minimum atomic E-state index is -0.804. The Hall–Kier alpha value is -4.71. The number of rotatable bonds is 53. The van der Waals surface area contributed by atoms with Gasteiger partial charge in [-0.25, -0.2) is 0 Å². The van der Waals surface area contributed by atoms with Crippen LogP contribution in [0, 0.1) is 0 Å². The maximum Gasteiger partial charge on any atom is 0.306 e. The largest absolute Gasteiger partial charge is 0.462 e. The maximum atomic E-state index is 12.9. The second-order valence-corrected chi connectivity index (χ2v) is 19.5. The van der Waals surface area contributed by atoms with E-state index < -0.39 is 6.10 Å². The number of hydrogen-bond acceptors (Lipinski definition) is 6. The zero-order valence-corrected chi connectivity index (χ0v) is 48.3. The van der Waals surface area contributed by atoms with Crippen molar-refractivity contribution < 1.29 is 28.6 Å². The van der Waals surface area contributed by atoms with Gasteiger partial charge < -0.3 is 14.2 Å². The lowest BCUT2D eigenvalue weighted by Crippen LogP contribution is -2.30. The standard InChI is InChI=1S/C69H110O6/c1-4-7-10-13-16-19-22-24-26-28-30-31-32-33-34-35-36-37-39-40-42-44-47-50-53-56-59-62-68(71)74-65-66(64-73-67(70)61-58-55-52-49-46-21-18-15-12-9-6-3)75-69(72)63-60-57-54-51-48-45-43-41-38-29-27-25-23-20-17-14-11-8-5-2/h7-8,10-11,15-20,24-27,30-31,33-34,36-38,40-42,66H,4-6,9,12-14,21-23,28-29,32,35,39,43-65H2,1-3H3/b10-7-,11-8-,18-15-,19-16-,20-17-,26-24-,27-25-,31-30-,34-33-,37-36-,41-38-,42-40-. The Labute approximate surface area is 461 Å². The number of esters is 3. The molecule has 0 saturated carbocycles. The summed E-state index contributed by atoms with van der Waals surface area (Å²) in [4.78, 5) is 38.2. The van der Waals surface area contributed by atoms with Crippen LogP contribution in [0.15, 0.2) is 146 Å². The fraction of sp³-hybridized carbons (Fsp3) is 0.609. The van der Waals surface area contributed by atoms with Crippen molar-refractivity contribution in [3.63, 3.8) is 0 Å². The van der Waals surface area contributed by atoms with Crippen molar-refractivity contribution in [2.75, 3.05) is 13.2 Å². The first-order valence-electron chi connectivity index (χ1n) is 30.3. The van der Waals surface area contributed by atoms with E-state index in [0.717, 1.165) is 173 Å². The average molecular weight is 1040 g/mol. The monoisotopic (exact) mass is 1030 g/mol. The summed E-state index contributed by atoms with van der Waals surface area (Å²) in [5, 5.41) is 0. The molecule has 0 aliphatic rings. The molecule has 6 heteroatoms. The van der Waals surface area contributed by atoms with Gasteiger partial charge in [0.05, 0.1) is 0 Å². The lowest BCUT2D eigenvalue weighted by atomic mass is 10.1. The van der Waals surface area contributed by atoms with Crippen LogP contribution >= 0.6 is 0 Å². The van der Waals surface area contributed by atoms with Crippen LogP contribution < -0.4 is 0 Å². The summed E-state index contributed by atoms with van der Waals surface area (Å²) >= 11 is 0. The predicted octanol–water partition coefficient (Wildman–Crippen LogP) is 20.8. The number of hydrogen-bond donors (Lipinski definition) is 0. The highest BCUT2D eigenvalue weighted by Crippen LogP contribution is 2.14. The van der Waals surface area contributed by atoms with Crippen molar-refractivity contribution in [2.24, 2.45) is 0 Å². The van der Waals surface area contributed by atoms with E-state index in [1.807, 2.05) is 0 Å². The maximum absolute atomic E-state index is 12.9. The van der Waals surface area contributed by atoms with Crippen LogP contribution in [-0.2, 0) is 28.6 Å². The van der Waals surface area contributed by atoms with Crippen LogP contribution in [-0.4, -0.2) is 37.2 Å². The van der Waals surface area contributed by atoms with Crippen molar-refractivity contribution in [2.45, 2.75) is 258 Å². The number of allylic oxidation sites excluding steroid dienone is 24. The molecule has 0 amide bonds. The second kappa shape index (κ2) is 61.8. The molecule has 75 heavy (non-hydrogen) atoms. The summed E-state index contributed by atoms with van der Waals surface area (Å²) in [5.74, 6) is -0.947. The summed E-state index contributed by atoms with van der Waals surface area (Å²) in [6, 6.07) is 0. The Morgan fingerprint density at radius 1 is 0.280 bits per heavy atom. The van der Waals surface area contributed by atoms with Gasteiger partial charge in [0.1, 0.15) is 13.2 Å². The van der Waals surface area contributed by atoms with E-state index in [-0.39, 0.29) is 31.1 Å². The van der Waals surface area contributed by atoms with Gasteiger partial charge in [-0.2, -0.15) is 0 Å². The predicted molar refractivity (Wildman–Crippen MR) is 325 cm³/mol. The van der Waals surface area contributed by atoms with Crippen molar-refractivity contribution in [1.82, 2.24) is 0 Å². The number of carbonyl (C=O) groups is 3. The first-order chi connectivity index (χ1) is 37.0. The summed E-state index contributed by atoms with van der Waals surface area (Å²) in [6.45, 7) is 6.33. The molecule has 6 nitrogen and oxygen atoms in total. The van der Waals surface area contributed by atoms with Gasteiger partial charge in [-0.15, -0.1) is 0 Å². The number of carbonyl (C=O) groups excluding carboxylic acids is 3. The molecule has 0 aromatic rings. The summed E-state index contributed by atoms with van der Waals surface area (Å²) in [7, 11) is 0. The molecule has 422 valence electrons. The van der Waals surface area contributed by atoms with Gasteiger partial charge in [0.15, 0.2) is 6.10 Å². The molecular weight excluding hydrogens is 925 g/mol. The first kappa shape index (κ1) is 70.3. The summed E-state index contributed by atoms with van der Waals surface area (Å²) in [5.41, 5.74) is 0. The van der Waals surface area contributed by atoms with E-state index in [1.165, 1.54) is 38.5 Å². The van der Waals surface area contributed by atoms with E-state index in [9.17, 15) is 14.4 Å². The van der Waals surface area contributed by atoms with Crippen LogP contribution in [0.2, 0.25) is 0 Å². The smallest absolute Gasteiger partial charge is 0.306 e. The number of ether oxygens (including phenoxy) is 3. The highest BCUT2D eigenvalue weighted by molar-refractivity contribution is 5.71. The lowest BCUT2D eigenvalue weighted by molar-refractivity contribution is -0.167. The zero-order valence-electron chi connectivity index (χ0n) is 48.3. The van der Waals surface area contributed by atoms with Crippen molar-refractivity contribution in [3.8, 4) is 0 Å². The van der Waals surface area contributed by atoms with Gasteiger partial charge in [-0.3, -0.25) is 14.4 Å². The van der Waals surface area contributed by atoms with E-state index in [0.29, 0.717) is 19.3 Å². The van der Waals surface area contributed by atoms with Crippen LogP contribution in [0.25, 0.3) is 0 Å². The zero-order chi connectivity index (χ0) is 54.3. The van der Waals surface area contributed by atoms with Crippen LogP contribution in [0.3, 0.4) is 0 Å². The third kappa shape index (κ3) is 60.0. The molecule has 0 N–H and O–H groups in total. The number of unbranched alkanes of at least 4 members (excludes halogenated alkanes) is 18. The molecule has 0 aromatic carbocycles. The van der Waals surface area contributed by atoms with Gasteiger partial charge in [0, 0.05) is 19.3 Å². The van der Waals surface area contributed by atoms with Crippen molar-refractivity contribution in [1.29, 1.82) is 0 Å². The Kier molecular flexibility index (Phi) is 58.0. The van der Waals surface area contributed by atoms with Crippen LogP contribution in [0.1, 0.15) is 252 Å². The minimum absolute atomic E-state index is 0.0999. The molecule has 1 atom stereocenters. The fourth-order valence-electron chi connectivity index (χ4n) is 7.81. The molecule has 0 aliphatic carbocycles. The minimum Gasteiger partial charge on any atom is -0.462 e. The molecule has 1 unspecified atom stereocenters. The van der Waals surface area contributed by atoms with Gasteiger partial charge in [-0.1, -0.05) is 244 Å². The van der Waals surface area contributed by atoms with Gasteiger partial charge in [0.25, 0.3) is 0 Å². The van der Waals surface area contributed by atoms with Gasteiger partial charge in [-0.05, 0) is 135 Å². The Balaban J connectivity index is 4.40. The Bertz CT molecular complexity index is 1660. The normalized spacial score (nSPS) is 13.2. The topological polar surface area (TPSA) is 78.9 Å². The van der Waals surface area contributed by atoms with E-state index in [1.54, 1.807) is 0 Å². The third-order valence-corrected chi connectivity index (χ3v) is 12.3. The van der Waals surface area contributed by atoms with Gasteiger partial charge in [0.2, 0.25) is 0 Å². The molecule has 0 saturated heterocycles. The highest BCUT2D eigenvalue weighted by atomic mass is 16.6. The summed E-state index contributed by atoms with van der Waals surface area (Å²) < 4.78 is 16.8. The van der Waals surface area contributed by atoms with Crippen molar-refractivity contribution >= 4 is 17.9 Å². The molecule has 0 aromatic heterocycles. The SMILES string of the molecule is CC/C=C\C/C=C\C/C=C\C/C=C\C/C=C\C/C=C\C/C=C\CCCCCCCC(=O)OCC(COC(=O)CCCCCCC/C=C\CCCC)OC(=O)CCCCCCCC/C=C\C/C=C\C/C=C\C/C=C\CC. The first-order valence-corrected chi connectivity index (χ1v) is 30.3. The van der Waals surface area contributed by atoms with Crippen LogP contribution in [0.5, 0.6) is 0 Å². The highest BCUT2D eigenvalue weighted by Gasteiger charge is 2.19. The molecule has 0 heterocycles. The molecule has 0 radical (unpaired) electrons. The van der Waals surface area contributed by atoms with Crippen LogP contribution in [0.4, 0.5) is 0 Å². The molecular formula is C69H110O6. The molecule has 0 bridgehead atoms.